The van der Waals surface area contributed by atoms with Crippen LogP contribution in [-0.4, -0.2) is 24.1 Å². The van der Waals surface area contributed by atoms with E-state index in [0.29, 0.717) is 0 Å². The molecule has 0 fully saturated rings. The lowest BCUT2D eigenvalue weighted by Gasteiger charge is -1.98. The van der Waals surface area contributed by atoms with Gasteiger partial charge in [0.15, 0.2) is 5.78 Å². The first-order valence-electron chi connectivity index (χ1n) is 3.32. The highest BCUT2D eigenvalue weighted by atomic mass is 16.5. The summed E-state index contributed by atoms with van der Waals surface area (Å²) in [6.07, 6.45) is -0.316. The first-order chi connectivity index (χ1) is 5.07. The zero-order chi connectivity index (χ0) is 8.85. The molecule has 0 saturated heterocycles. The van der Waals surface area contributed by atoms with Gasteiger partial charge in [-0.05, 0) is 13.8 Å². The number of carbonyl (C=O) groups excluding carboxylic acids is 2. The van der Waals surface area contributed by atoms with Crippen LogP contribution in [0, 0.1) is 5.41 Å². The summed E-state index contributed by atoms with van der Waals surface area (Å²) in [7, 11) is 0. The summed E-state index contributed by atoms with van der Waals surface area (Å²) in [4.78, 5) is 21.3. The van der Waals surface area contributed by atoms with Crippen molar-refractivity contribution in [2.75, 3.05) is 6.61 Å². The van der Waals surface area contributed by atoms with Crippen molar-refractivity contribution in [2.45, 2.75) is 20.3 Å². The normalized spacial score (nSPS) is 8.91. The minimum atomic E-state index is -0.566. The SMILES string of the molecule is CCOC(=O)CC(=O)C(C)=N. The van der Waals surface area contributed by atoms with Gasteiger partial charge in [-0.1, -0.05) is 0 Å². The van der Waals surface area contributed by atoms with Crippen molar-refractivity contribution in [3.8, 4) is 0 Å². The Morgan fingerprint density at radius 3 is 2.36 bits per heavy atom. The van der Waals surface area contributed by atoms with Crippen molar-refractivity contribution < 1.29 is 14.3 Å². The van der Waals surface area contributed by atoms with E-state index in [-0.39, 0.29) is 18.7 Å². The van der Waals surface area contributed by atoms with Gasteiger partial charge < -0.3 is 10.1 Å². The maximum absolute atomic E-state index is 10.7. The number of rotatable bonds is 4. The van der Waals surface area contributed by atoms with Crippen molar-refractivity contribution in [3.63, 3.8) is 0 Å². The van der Waals surface area contributed by atoms with Crippen LogP contribution in [0.5, 0.6) is 0 Å². The Morgan fingerprint density at radius 1 is 1.45 bits per heavy atom. The zero-order valence-corrected chi connectivity index (χ0v) is 6.64. The van der Waals surface area contributed by atoms with E-state index in [0.717, 1.165) is 0 Å². The van der Waals surface area contributed by atoms with Gasteiger partial charge in [0.2, 0.25) is 0 Å². The second kappa shape index (κ2) is 4.60. The molecule has 0 aromatic carbocycles. The van der Waals surface area contributed by atoms with Crippen molar-refractivity contribution in [1.82, 2.24) is 0 Å². The molecule has 0 atom stereocenters. The Labute approximate surface area is 65.1 Å². The summed E-state index contributed by atoms with van der Waals surface area (Å²) in [6.45, 7) is 3.28. The predicted octanol–water partition coefficient (Wildman–Crippen LogP) is 0.548. The molecule has 0 heterocycles. The van der Waals surface area contributed by atoms with E-state index in [2.05, 4.69) is 4.74 Å². The summed E-state index contributed by atoms with van der Waals surface area (Å²) < 4.78 is 4.51. The van der Waals surface area contributed by atoms with Gasteiger partial charge in [0, 0.05) is 0 Å². The van der Waals surface area contributed by atoms with Crippen LogP contribution in [0.25, 0.3) is 0 Å². The zero-order valence-electron chi connectivity index (χ0n) is 6.64. The summed E-state index contributed by atoms with van der Waals surface area (Å²) >= 11 is 0. The van der Waals surface area contributed by atoms with Gasteiger partial charge >= 0.3 is 5.97 Å². The molecule has 1 N–H and O–H groups in total. The maximum atomic E-state index is 10.7. The van der Waals surface area contributed by atoms with Crippen molar-refractivity contribution in [2.24, 2.45) is 0 Å². The van der Waals surface area contributed by atoms with Gasteiger partial charge in [-0.25, -0.2) is 0 Å². The molecular formula is C7H11NO3. The third-order valence-corrected chi connectivity index (χ3v) is 1.03. The van der Waals surface area contributed by atoms with E-state index in [9.17, 15) is 9.59 Å². The van der Waals surface area contributed by atoms with Crippen LogP contribution in [-0.2, 0) is 14.3 Å². The number of carbonyl (C=O) groups is 2. The lowest BCUT2D eigenvalue weighted by molar-refractivity contribution is -0.144. The second-order valence-corrected chi connectivity index (χ2v) is 2.03. The molecule has 0 radical (unpaired) electrons. The lowest BCUT2D eigenvalue weighted by Crippen LogP contribution is -2.16. The minimum absolute atomic E-state index is 0.113. The Morgan fingerprint density at radius 2 is 2.00 bits per heavy atom. The first-order valence-corrected chi connectivity index (χ1v) is 3.32. The molecule has 11 heavy (non-hydrogen) atoms. The third kappa shape index (κ3) is 4.25. The van der Waals surface area contributed by atoms with Crippen LogP contribution >= 0.6 is 0 Å². The monoisotopic (exact) mass is 157 g/mol. The van der Waals surface area contributed by atoms with Gasteiger partial charge in [0.05, 0.1) is 12.3 Å². The van der Waals surface area contributed by atoms with Gasteiger partial charge in [0.25, 0.3) is 0 Å². The molecule has 4 heteroatoms. The van der Waals surface area contributed by atoms with E-state index >= 15 is 0 Å². The van der Waals surface area contributed by atoms with Crippen LogP contribution in [0.2, 0.25) is 0 Å². The lowest BCUT2D eigenvalue weighted by atomic mass is 10.2. The fourth-order valence-electron chi connectivity index (χ4n) is 0.476. The quantitative estimate of drug-likeness (QED) is 0.368. The molecule has 0 aliphatic rings. The maximum Gasteiger partial charge on any atom is 0.313 e. The molecule has 0 bridgehead atoms. The van der Waals surface area contributed by atoms with Crippen LogP contribution in [0.3, 0.4) is 0 Å². The molecule has 0 spiro atoms. The minimum Gasteiger partial charge on any atom is -0.466 e. The Kier molecular flexibility index (Phi) is 4.10. The highest BCUT2D eigenvalue weighted by molar-refractivity contribution is 6.40. The van der Waals surface area contributed by atoms with E-state index in [4.69, 9.17) is 5.41 Å². The molecule has 0 amide bonds. The Balaban J connectivity index is 3.76. The van der Waals surface area contributed by atoms with Crippen molar-refractivity contribution in [1.29, 1.82) is 5.41 Å². The fourth-order valence-corrected chi connectivity index (χ4v) is 0.476. The Bertz CT molecular complexity index is 186. The Hall–Kier alpha value is -1.19. The number of hydrogen-bond donors (Lipinski definition) is 1. The molecule has 0 aromatic rings. The van der Waals surface area contributed by atoms with E-state index in [1.54, 1.807) is 6.92 Å². The molecule has 0 aliphatic carbocycles. The van der Waals surface area contributed by atoms with Gasteiger partial charge in [0.1, 0.15) is 6.42 Å². The van der Waals surface area contributed by atoms with Crippen LogP contribution in [0.1, 0.15) is 20.3 Å². The van der Waals surface area contributed by atoms with E-state index in [1.807, 2.05) is 0 Å². The highest BCUT2D eigenvalue weighted by Gasteiger charge is 2.10. The average molecular weight is 157 g/mol. The van der Waals surface area contributed by atoms with Crippen LogP contribution in [0.4, 0.5) is 0 Å². The number of ether oxygens (including phenoxy) is 1. The molecule has 0 rings (SSSR count). The average Bonchev–Trinajstić information content (AvgIpc) is 1.87. The smallest absolute Gasteiger partial charge is 0.313 e. The van der Waals surface area contributed by atoms with E-state index in [1.165, 1.54) is 6.92 Å². The van der Waals surface area contributed by atoms with Gasteiger partial charge in [-0.15, -0.1) is 0 Å². The van der Waals surface area contributed by atoms with Crippen molar-refractivity contribution in [3.05, 3.63) is 0 Å². The molecule has 4 nitrogen and oxygen atoms in total. The number of nitrogens with one attached hydrogen (secondary N) is 1. The third-order valence-electron chi connectivity index (χ3n) is 1.03. The molecule has 62 valence electrons. The predicted molar refractivity (Wildman–Crippen MR) is 39.7 cm³/mol. The number of esters is 1. The number of ketones is 1. The standard InChI is InChI=1S/C7H11NO3/c1-3-11-7(10)4-6(9)5(2)8/h8H,3-4H2,1-2H3. The second-order valence-electron chi connectivity index (χ2n) is 2.03. The summed E-state index contributed by atoms with van der Waals surface area (Å²) in [5.41, 5.74) is -0.113. The summed E-state index contributed by atoms with van der Waals surface area (Å²) in [5, 5.41) is 6.87. The van der Waals surface area contributed by atoms with Crippen LogP contribution in [0.15, 0.2) is 0 Å². The molecule has 0 saturated carbocycles. The number of hydrogen-bond acceptors (Lipinski definition) is 4. The fraction of sp³-hybridized carbons (Fsp3) is 0.571. The topological polar surface area (TPSA) is 67.2 Å². The highest BCUT2D eigenvalue weighted by Crippen LogP contribution is 1.89. The summed E-state index contributed by atoms with van der Waals surface area (Å²) in [5.74, 6) is -1.05. The molecular weight excluding hydrogens is 146 g/mol. The summed E-state index contributed by atoms with van der Waals surface area (Å²) in [6, 6.07) is 0. The molecule has 0 aliphatic heterocycles. The van der Waals surface area contributed by atoms with Crippen molar-refractivity contribution >= 4 is 17.5 Å². The van der Waals surface area contributed by atoms with Gasteiger partial charge in [-0.2, -0.15) is 0 Å². The first kappa shape index (κ1) is 9.81. The van der Waals surface area contributed by atoms with Gasteiger partial charge in [-0.3, -0.25) is 9.59 Å². The number of Topliss-reactive ketones (excluding diaryl/α,β-unsaturated/α-hetero) is 1. The molecule has 0 unspecified atom stereocenters. The largest absolute Gasteiger partial charge is 0.466 e. The van der Waals surface area contributed by atoms with E-state index < -0.39 is 11.8 Å². The molecule has 0 aromatic heterocycles. The van der Waals surface area contributed by atoms with Crippen LogP contribution < -0.4 is 0 Å².